The van der Waals surface area contributed by atoms with E-state index in [4.69, 9.17) is 0 Å². The summed E-state index contributed by atoms with van der Waals surface area (Å²) in [6, 6.07) is 5.28. The first-order valence-electron chi connectivity index (χ1n) is 4.51. The lowest BCUT2D eigenvalue weighted by Crippen LogP contribution is -2.36. The van der Waals surface area contributed by atoms with Crippen LogP contribution < -0.4 is 4.90 Å². The van der Waals surface area contributed by atoms with Crippen molar-refractivity contribution in [3.8, 4) is 0 Å². The fourth-order valence-electron chi connectivity index (χ4n) is 1.38. The highest BCUT2D eigenvalue weighted by Gasteiger charge is 2.38. The molecule has 2 nitrogen and oxygen atoms in total. The Hall–Kier alpha value is -1.72. The highest BCUT2D eigenvalue weighted by Crippen LogP contribution is 2.27. The van der Waals surface area contributed by atoms with Crippen molar-refractivity contribution in [3.05, 3.63) is 42.5 Å². The van der Waals surface area contributed by atoms with Crippen LogP contribution in [0.1, 0.15) is 0 Å². The maximum absolute atomic E-state index is 12.6. The lowest BCUT2D eigenvalue weighted by molar-refractivity contribution is -0.224. The molecule has 0 N–H and O–H groups in total. The van der Waals surface area contributed by atoms with Crippen LogP contribution in [0.4, 0.5) is 23.2 Å². The summed E-state index contributed by atoms with van der Waals surface area (Å²) in [6.45, 7) is -0.310. The Morgan fingerprint density at radius 3 is 2.12 bits per heavy atom. The van der Waals surface area contributed by atoms with Crippen LogP contribution in [0, 0.1) is 5.82 Å². The molecule has 0 radical (unpaired) electrons. The third-order valence-electron chi connectivity index (χ3n) is 2.22. The topological polar surface area (TPSA) is 6.48 Å². The van der Waals surface area contributed by atoms with E-state index in [0.29, 0.717) is 5.69 Å². The Labute approximate surface area is 89.4 Å². The maximum atomic E-state index is 12.6. The zero-order valence-corrected chi connectivity index (χ0v) is 8.08. The second kappa shape index (κ2) is 3.70. The van der Waals surface area contributed by atoms with Crippen LogP contribution in [0.25, 0.3) is 0 Å². The van der Waals surface area contributed by atoms with Crippen LogP contribution in [0.5, 0.6) is 0 Å². The molecular formula is C10H8F4N2. The SMILES string of the molecule is Fc1ccc(N2C=CN(C(F)(F)F)C2)cc1. The summed E-state index contributed by atoms with van der Waals surface area (Å²) in [4.78, 5) is 1.63. The van der Waals surface area contributed by atoms with Gasteiger partial charge in [-0.3, -0.25) is 4.90 Å². The zero-order chi connectivity index (χ0) is 11.8. The molecule has 0 atom stereocenters. The lowest BCUT2D eigenvalue weighted by atomic mass is 10.3. The third kappa shape index (κ3) is 2.10. The molecule has 1 aliphatic rings. The third-order valence-corrected chi connectivity index (χ3v) is 2.22. The minimum atomic E-state index is -4.38. The predicted octanol–water partition coefficient (Wildman–Crippen LogP) is 2.90. The molecule has 0 bridgehead atoms. The molecule has 1 aromatic carbocycles. The summed E-state index contributed by atoms with van der Waals surface area (Å²) in [5, 5.41) is 0. The first-order chi connectivity index (χ1) is 7.47. The van der Waals surface area contributed by atoms with Gasteiger partial charge in [-0.05, 0) is 24.3 Å². The lowest BCUT2D eigenvalue weighted by Gasteiger charge is -2.22. The number of hydrogen-bond acceptors (Lipinski definition) is 2. The fraction of sp³-hybridized carbons (Fsp3) is 0.200. The largest absolute Gasteiger partial charge is 0.485 e. The maximum Gasteiger partial charge on any atom is 0.485 e. The second-order valence-corrected chi connectivity index (χ2v) is 3.32. The van der Waals surface area contributed by atoms with Crippen molar-refractivity contribution in [3.63, 3.8) is 0 Å². The van der Waals surface area contributed by atoms with E-state index in [1.807, 2.05) is 0 Å². The quantitative estimate of drug-likeness (QED) is 0.542. The Kier molecular flexibility index (Phi) is 2.49. The zero-order valence-electron chi connectivity index (χ0n) is 8.08. The Morgan fingerprint density at radius 2 is 1.62 bits per heavy atom. The van der Waals surface area contributed by atoms with Gasteiger partial charge in [0.15, 0.2) is 0 Å². The number of anilines is 1. The van der Waals surface area contributed by atoms with Gasteiger partial charge in [0.25, 0.3) is 0 Å². The summed E-state index contributed by atoms with van der Waals surface area (Å²) in [6.07, 6.45) is -2.13. The minimum Gasteiger partial charge on any atom is -0.328 e. The number of rotatable bonds is 1. The van der Waals surface area contributed by atoms with Gasteiger partial charge in [0, 0.05) is 18.1 Å². The van der Waals surface area contributed by atoms with Crippen LogP contribution >= 0.6 is 0 Å². The van der Waals surface area contributed by atoms with E-state index in [1.54, 1.807) is 0 Å². The van der Waals surface area contributed by atoms with Gasteiger partial charge in [0.05, 0.1) is 0 Å². The molecule has 0 aliphatic carbocycles. The van der Waals surface area contributed by atoms with Crippen molar-refractivity contribution in [2.75, 3.05) is 11.6 Å². The molecule has 0 unspecified atom stereocenters. The van der Waals surface area contributed by atoms with Gasteiger partial charge in [-0.25, -0.2) is 4.39 Å². The van der Waals surface area contributed by atoms with E-state index < -0.39 is 12.1 Å². The standard InChI is InChI=1S/C10H8F4N2/c11-8-1-3-9(4-2-8)15-5-6-16(7-15)10(12,13)14/h1-6H,7H2. The summed E-state index contributed by atoms with van der Waals surface area (Å²) in [5.41, 5.74) is 0.518. The second-order valence-electron chi connectivity index (χ2n) is 3.32. The molecule has 6 heteroatoms. The van der Waals surface area contributed by atoms with E-state index >= 15 is 0 Å². The van der Waals surface area contributed by atoms with Gasteiger partial charge >= 0.3 is 6.30 Å². The van der Waals surface area contributed by atoms with Gasteiger partial charge < -0.3 is 4.90 Å². The van der Waals surface area contributed by atoms with Crippen molar-refractivity contribution in [1.82, 2.24) is 4.90 Å². The molecule has 0 amide bonds. The average Bonchev–Trinajstić information content (AvgIpc) is 2.67. The molecule has 1 aliphatic heterocycles. The molecule has 0 spiro atoms. The highest BCUT2D eigenvalue weighted by atomic mass is 19.4. The number of alkyl halides is 3. The van der Waals surface area contributed by atoms with Crippen molar-refractivity contribution >= 4 is 5.69 Å². The van der Waals surface area contributed by atoms with Crippen LogP contribution in [-0.2, 0) is 0 Å². The Balaban J connectivity index is 2.10. The highest BCUT2D eigenvalue weighted by molar-refractivity contribution is 5.50. The monoisotopic (exact) mass is 232 g/mol. The van der Waals surface area contributed by atoms with Crippen molar-refractivity contribution in [2.45, 2.75) is 6.30 Å². The van der Waals surface area contributed by atoms with Gasteiger partial charge in [-0.15, -0.1) is 0 Å². The predicted molar refractivity (Wildman–Crippen MR) is 50.8 cm³/mol. The van der Waals surface area contributed by atoms with E-state index in [9.17, 15) is 17.6 Å². The van der Waals surface area contributed by atoms with Crippen LogP contribution in [-0.4, -0.2) is 17.9 Å². The molecule has 2 rings (SSSR count). The average molecular weight is 232 g/mol. The normalized spacial score (nSPS) is 16.0. The summed E-state index contributed by atoms with van der Waals surface area (Å²) in [7, 11) is 0. The molecule has 16 heavy (non-hydrogen) atoms. The number of nitrogens with zero attached hydrogens (tertiary/aromatic N) is 2. The van der Waals surface area contributed by atoms with E-state index in [1.165, 1.54) is 35.4 Å². The molecule has 0 aromatic heterocycles. The smallest absolute Gasteiger partial charge is 0.328 e. The van der Waals surface area contributed by atoms with Crippen molar-refractivity contribution < 1.29 is 17.6 Å². The molecular weight excluding hydrogens is 224 g/mol. The fourth-order valence-corrected chi connectivity index (χ4v) is 1.38. The molecule has 0 saturated carbocycles. The van der Waals surface area contributed by atoms with Crippen LogP contribution in [0.2, 0.25) is 0 Å². The Bertz CT molecular complexity index is 396. The number of benzene rings is 1. The van der Waals surface area contributed by atoms with Gasteiger partial charge in [-0.2, -0.15) is 13.2 Å². The minimum absolute atomic E-state index is 0.246. The molecule has 86 valence electrons. The number of hydrogen-bond donors (Lipinski definition) is 0. The van der Waals surface area contributed by atoms with E-state index in [0.717, 1.165) is 6.20 Å². The molecule has 0 saturated heterocycles. The molecule has 1 heterocycles. The van der Waals surface area contributed by atoms with Crippen LogP contribution in [0.3, 0.4) is 0 Å². The first kappa shape index (κ1) is 10.8. The summed E-state index contributed by atoms with van der Waals surface area (Å²) >= 11 is 0. The first-order valence-corrected chi connectivity index (χ1v) is 4.51. The number of halogens is 4. The van der Waals surface area contributed by atoms with Gasteiger partial charge in [0.2, 0.25) is 0 Å². The summed E-state index contributed by atoms with van der Waals surface area (Å²) < 4.78 is 49.5. The van der Waals surface area contributed by atoms with Gasteiger partial charge in [-0.1, -0.05) is 0 Å². The van der Waals surface area contributed by atoms with Crippen molar-refractivity contribution in [1.29, 1.82) is 0 Å². The molecule has 0 fully saturated rings. The van der Waals surface area contributed by atoms with Crippen molar-refractivity contribution in [2.24, 2.45) is 0 Å². The van der Waals surface area contributed by atoms with Gasteiger partial charge in [0.1, 0.15) is 12.5 Å². The summed E-state index contributed by atoms with van der Waals surface area (Å²) in [5.74, 6) is -0.417. The Morgan fingerprint density at radius 1 is 1.00 bits per heavy atom. The molecule has 1 aromatic rings. The van der Waals surface area contributed by atoms with E-state index in [-0.39, 0.29) is 11.6 Å². The van der Waals surface area contributed by atoms with Crippen LogP contribution in [0.15, 0.2) is 36.7 Å². The van der Waals surface area contributed by atoms with E-state index in [2.05, 4.69) is 0 Å².